The maximum atomic E-state index is 5.68. The fourth-order valence-electron chi connectivity index (χ4n) is 2.45. The molecule has 1 aliphatic heterocycles. The molecule has 96 valence electrons. The standard InChI is InChI=1S/C11H26N2O2Si/c1-6-11(16(5,14-3)15-4)13-9-7-12(2)8-10-13/h11H,6-10H2,1-5H3. The average molecular weight is 246 g/mol. The summed E-state index contributed by atoms with van der Waals surface area (Å²) in [7, 11) is 3.73. The molecule has 0 aromatic heterocycles. The van der Waals surface area contributed by atoms with Gasteiger partial charge in [-0.25, -0.2) is 0 Å². The molecule has 1 atom stereocenters. The van der Waals surface area contributed by atoms with Gasteiger partial charge in [0, 0.05) is 40.4 Å². The van der Waals surface area contributed by atoms with E-state index in [4.69, 9.17) is 8.85 Å². The molecule has 1 fully saturated rings. The van der Waals surface area contributed by atoms with Gasteiger partial charge in [0.25, 0.3) is 0 Å². The topological polar surface area (TPSA) is 24.9 Å². The number of nitrogens with zero attached hydrogens (tertiary/aromatic N) is 2. The van der Waals surface area contributed by atoms with Crippen molar-refractivity contribution in [3.63, 3.8) is 0 Å². The maximum Gasteiger partial charge on any atom is 0.352 e. The van der Waals surface area contributed by atoms with Crippen molar-refractivity contribution < 1.29 is 8.85 Å². The van der Waals surface area contributed by atoms with E-state index in [1.807, 2.05) is 0 Å². The van der Waals surface area contributed by atoms with Crippen molar-refractivity contribution in [1.82, 2.24) is 9.80 Å². The molecule has 0 saturated carbocycles. The van der Waals surface area contributed by atoms with Gasteiger partial charge in [-0.15, -0.1) is 0 Å². The van der Waals surface area contributed by atoms with E-state index in [1.165, 1.54) is 0 Å². The minimum atomic E-state index is -2.03. The number of piperazine rings is 1. The van der Waals surface area contributed by atoms with Crippen molar-refractivity contribution in [2.24, 2.45) is 0 Å². The highest BCUT2D eigenvalue weighted by Crippen LogP contribution is 2.20. The van der Waals surface area contributed by atoms with Crippen molar-refractivity contribution >= 4 is 8.56 Å². The summed E-state index contributed by atoms with van der Waals surface area (Å²) in [6.45, 7) is 8.95. The third kappa shape index (κ3) is 3.04. The minimum Gasteiger partial charge on any atom is -0.397 e. The lowest BCUT2D eigenvalue weighted by atomic mass is 10.3. The molecule has 16 heavy (non-hydrogen) atoms. The predicted molar refractivity (Wildman–Crippen MR) is 68.8 cm³/mol. The molecule has 1 saturated heterocycles. The van der Waals surface area contributed by atoms with Gasteiger partial charge in [-0.05, 0) is 20.0 Å². The van der Waals surface area contributed by atoms with Crippen molar-refractivity contribution in [2.45, 2.75) is 25.6 Å². The lowest BCUT2D eigenvalue weighted by Gasteiger charge is -2.43. The van der Waals surface area contributed by atoms with Gasteiger partial charge in [-0.1, -0.05) is 6.92 Å². The summed E-state index contributed by atoms with van der Waals surface area (Å²) in [4.78, 5) is 4.92. The number of rotatable bonds is 5. The van der Waals surface area contributed by atoms with Crippen LogP contribution in [0.1, 0.15) is 13.3 Å². The van der Waals surface area contributed by atoms with Gasteiger partial charge in [0.1, 0.15) is 0 Å². The van der Waals surface area contributed by atoms with Gasteiger partial charge in [-0.2, -0.15) is 0 Å². The van der Waals surface area contributed by atoms with E-state index in [9.17, 15) is 0 Å². The van der Waals surface area contributed by atoms with Crippen molar-refractivity contribution in [3.8, 4) is 0 Å². The molecule has 5 heteroatoms. The Balaban J connectivity index is 2.66. The molecule has 0 bridgehead atoms. The lowest BCUT2D eigenvalue weighted by molar-refractivity contribution is 0.106. The lowest BCUT2D eigenvalue weighted by Crippen LogP contribution is -2.61. The first kappa shape index (κ1) is 14.1. The molecular formula is C11H26N2O2Si. The van der Waals surface area contributed by atoms with Gasteiger partial charge in [0.05, 0.1) is 5.67 Å². The second kappa shape index (κ2) is 6.12. The van der Waals surface area contributed by atoms with Crippen LogP contribution in [-0.2, 0) is 8.85 Å². The summed E-state index contributed by atoms with van der Waals surface area (Å²) in [6, 6.07) is 0. The minimum absolute atomic E-state index is 0.469. The van der Waals surface area contributed by atoms with Crippen molar-refractivity contribution in [2.75, 3.05) is 47.4 Å². The predicted octanol–water partition coefficient (Wildman–Crippen LogP) is 0.916. The quantitative estimate of drug-likeness (QED) is 0.674. The van der Waals surface area contributed by atoms with Crippen LogP contribution in [0.2, 0.25) is 6.55 Å². The third-order valence-corrected chi connectivity index (χ3v) is 7.39. The Morgan fingerprint density at radius 3 is 2.00 bits per heavy atom. The highest BCUT2D eigenvalue weighted by Gasteiger charge is 2.42. The molecule has 1 rings (SSSR count). The van der Waals surface area contributed by atoms with E-state index in [1.54, 1.807) is 14.2 Å². The van der Waals surface area contributed by atoms with Crippen molar-refractivity contribution in [1.29, 1.82) is 0 Å². The van der Waals surface area contributed by atoms with E-state index in [0.717, 1.165) is 32.6 Å². The van der Waals surface area contributed by atoms with Crippen LogP contribution in [0.5, 0.6) is 0 Å². The summed E-state index contributed by atoms with van der Waals surface area (Å²) in [5.41, 5.74) is 0.469. The van der Waals surface area contributed by atoms with Gasteiger partial charge in [-0.3, -0.25) is 4.90 Å². The Morgan fingerprint density at radius 2 is 1.62 bits per heavy atom. The maximum absolute atomic E-state index is 5.68. The Morgan fingerprint density at radius 1 is 1.12 bits per heavy atom. The molecule has 1 heterocycles. The van der Waals surface area contributed by atoms with Crippen LogP contribution in [-0.4, -0.2) is 71.5 Å². The molecule has 0 aliphatic carbocycles. The van der Waals surface area contributed by atoms with Crippen LogP contribution >= 0.6 is 0 Å². The average Bonchev–Trinajstić information content (AvgIpc) is 2.32. The highest BCUT2D eigenvalue weighted by atomic mass is 28.4. The summed E-state index contributed by atoms with van der Waals surface area (Å²) in [5.74, 6) is 0. The van der Waals surface area contributed by atoms with Gasteiger partial charge >= 0.3 is 8.56 Å². The van der Waals surface area contributed by atoms with Crippen LogP contribution in [0.15, 0.2) is 0 Å². The molecular weight excluding hydrogens is 220 g/mol. The Bertz CT molecular complexity index is 204. The summed E-state index contributed by atoms with van der Waals surface area (Å²) in [6.07, 6.45) is 1.11. The summed E-state index contributed by atoms with van der Waals surface area (Å²) in [5, 5.41) is 0. The van der Waals surface area contributed by atoms with E-state index in [0.29, 0.717) is 5.67 Å². The van der Waals surface area contributed by atoms with Crippen LogP contribution in [0.25, 0.3) is 0 Å². The molecule has 1 unspecified atom stereocenters. The molecule has 0 N–H and O–H groups in total. The molecule has 0 amide bonds. The molecule has 0 aromatic rings. The fraction of sp³-hybridized carbons (Fsp3) is 1.00. The zero-order chi connectivity index (χ0) is 12.2. The molecule has 0 radical (unpaired) electrons. The fourth-order valence-corrected chi connectivity index (χ4v) is 4.82. The first-order chi connectivity index (χ1) is 7.57. The smallest absolute Gasteiger partial charge is 0.352 e. The largest absolute Gasteiger partial charge is 0.397 e. The van der Waals surface area contributed by atoms with E-state index < -0.39 is 8.56 Å². The number of hydrogen-bond acceptors (Lipinski definition) is 4. The first-order valence-electron chi connectivity index (χ1n) is 6.10. The number of hydrogen-bond donors (Lipinski definition) is 0. The summed E-state index contributed by atoms with van der Waals surface area (Å²) < 4.78 is 11.4. The van der Waals surface area contributed by atoms with E-state index in [-0.39, 0.29) is 0 Å². The van der Waals surface area contributed by atoms with E-state index in [2.05, 4.69) is 30.3 Å². The van der Waals surface area contributed by atoms with E-state index >= 15 is 0 Å². The first-order valence-corrected chi connectivity index (χ1v) is 8.49. The Labute approximate surface area is 101 Å². The van der Waals surface area contributed by atoms with Crippen LogP contribution < -0.4 is 0 Å². The zero-order valence-corrected chi connectivity index (χ0v) is 12.3. The SMILES string of the molecule is CCC(N1CCN(C)CC1)[Si](C)(OC)OC. The molecule has 0 aromatic carbocycles. The highest BCUT2D eigenvalue weighted by molar-refractivity contribution is 6.67. The monoisotopic (exact) mass is 246 g/mol. The second-order valence-electron chi connectivity index (χ2n) is 4.69. The van der Waals surface area contributed by atoms with Crippen molar-refractivity contribution in [3.05, 3.63) is 0 Å². The molecule has 1 aliphatic rings. The third-order valence-electron chi connectivity index (χ3n) is 3.78. The normalized spacial score (nSPS) is 22.3. The second-order valence-corrected chi connectivity index (χ2v) is 8.20. The van der Waals surface area contributed by atoms with Crippen LogP contribution in [0.3, 0.4) is 0 Å². The van der Waals surface area contributed by atoms with Crippen LogP contribution in [0, 0.1) is 0 Å². The zero-order valence-electron chi connectivity index (χ0n) is 11.3. The van der Waals surface area contributed by atoms with Crippen LogP contribution in [0.4, 0.5) is 0 Å². The molecule has 4 nitrogen and oxygen atoms in total. The Kier molecular flexibility index (Phi) is 5.40. The number of likely N-dealkylation sites (N-methyl/N-ethyl adjacent to an activating group) is 1. The van der Waals surface area contributed by atoms with Gasteiger partial charge < -0.3 is 13.8 Å². The summed E-state index contributed by atoms with van der Waals surface area (Å²) >= 11 is 0. The van der Waals surface area contributed by atoms with Gasteiger partial charge in [0.2, 0.25) is 0 Å². The van der Waals surface area contributed by atoms with Gasteiger partial charge in [0.15, 0.2) is 0 Å². The Hall–Kier alpha value is 0.0569. The molecule has 0 spiro atoms.